The molecule has 2 aliphatic heterocycles. The number of rotatable bonds is 5. The molecule has 0 radical (unpaired) electrons. The Balaban J connectivity index is 1.64. The van der Waals surface area contributed by atoms with Gasteiger partial charge in [-0.15, -0.1) is 0 Å². The number of hydrogen-bond acceptors (Lipinski definition) is 5. The van der Waals surface area contributed by atoms with E-state index in [1.54, 1.807) is 13.0 Å². The van der Waals surface area contributed by atoms with Gasteiger partial charge in [-0.3, -0.25) is 4.79 Å². The summed E-state index contributed by atoms with van der Waals surface area (Å²) in [5.74, 6) is -2.16. The monoisotopic (exact) mass is 623 g/mol. The summed E-state index contributed by atoms with van der Waals surface area (Å²) in [7, 11) is -1.80. The standard InChI is InChI=1S/C28H32F7N3O3S/c1-17-12-22(29)4-5-23(17)25-16-38(37-8-10-42(40,41)11-9-37)7-6-24(25)26(39)36(3)18(2)19-13-20(27(30,31)32)15-21(14-19)28(33,34)35/h4-5,12-15,18,24-25H,6-11,16H2,1-3H3/t18-,24-,25+/m0/s1. The van der Waals surface area contributed by atoms with E-state index in [1.165, 1.54) is 26.1 Å². The summed E-state index contributed by atoms with van der Waals surface area (Å²) < 4.78 is 119. The molecule has 42 heavy (non-hydrogen) atoms. The van der Waals surface area contributed by atoms with Crippen LogP contribution in [0.25, 0.3) is 0 Å². The van der Waals surface area contributed by atoms with Crippen LogP contribution in [-0.2, 0) is 27.0 Å². The molecule has 0 unspecified atom stereocenters. The van der Waals surface area contributed by atoms with Crippen LogP contribution < -0.4 is 0 Å². The number of carbonyl (C=O) groups is 1. The van der Waals surface area contributed by atoms with Crippen LogP contribution in [0.5, 0.6) is 0 Å². The third-order valence-electron chi connectivity index (χ3n) is 8.28. The minimum atomic E-state index is -5.02. The first kappa shape index (κ1) is 32.2. The third kappa shape index (κ3) is 7.08. The fourth-order valence-electron chi connectivity index (χ4n) is 5.74. The zero-order valence-electron chi connectivity index (χ0n) is 23.3. The normalized spacial score (nSPS) is 23.0. The highest BCUT2D eigenvalue weighted by Crippen LogP contribution is 2.40. The predicted octanol–water partition coefficient (Wildman–Crippen LogP) is 5.44. The van der Waals surface area contributed by atoms with Gasteiger partial charge in [0.05, 0.1) is 28.7 Å². The highest BCUT2D eigenvalue weighted by atomic mass is 32.2. The van der Waals surface area contributed by atoms with E-state index in [-0.39, 0.29) is 42.6 Å². The van der Waals surface area contributed by atoms with Crippen molar-refractivity contribution < 1.29 is 43.9 Å². The highest BCUT2D eigenvalue weighted by molar-refractivity contribution is 7.91. The summed E-state index contributed by atoms with van der Waals surface area (Å²) in [4.78, 5) is 15.1. The molecule has 0 saturated carbocycles. The van der Waals surface area contributed by atoms with E-state index in [1.807, 2.05) is 10.0 Å². The molecule has 6 nitrogen and oxygen atoms in total. The van der Waals surface area contributed by atoms with Crippen LogP contribution in [-0.4, -0.2) is 74.0 Å². The van der Waals surface area contributed by atoms with Crippen molar-refractivity contribution in [3.63, 3.8) is 0 Å². The Morgan fingerprint density at radius 1 is 0.929 bits per heavy atom. The van der Waals surface area contributed by atoms with Crippen LogP contribution in [0.1, 0.15) is 53.1 Å². The first-order chi connectivity index (χ1) is 19.4. The van der Waals surface area contributed by atoms with Crippen molar-refractivity contribution in [3.05, 3.63) is 70.0 Å². The molecular formula is C28H32F7N3O3S. The largest absolute Gasteiger partial charge is 0.416 e. The van der Waals surface area contributed by atoms with Gasteiger partial charge in [0.25, 0.3) is 0 Å². The fourth-order valence-corrected chi connectivity index (χ4v) is 6.92. The fraction of sp³-hybridized carbons (Fsp3) is 0.536. The lowest BCUT2D eigenvalue weighted by Crippen LogP contribution is -2.56. The number of amides is 1. The van der Waals surface area contributed by atoms with Gasteiger partial charge in [0.1, 0.15) is 5.82 Å². The van der Waals surface area contributed by atoms with E-state index >= 15 is 0 Å². The highest BCUT2D eigenvalue weighted by Gasteiger charge is 2.42. The molecule has 232 valence electrons. The molecule has 2 aliphatic rings. The van der Waals surface area contributed by atoms with E-state index in [9.17, 15) is 43.9 Å². The Morgan fingerprint density at radius 2 is 1.50 bits per heavy atom. The van der Waals surface area contributed by atoms with Crippen molar-refractivity contribution in [2.75, 3.05) is 44.7 Å². The maximum absolute atomic E-state index is 14.0. The minimum Gasteiger partial charge on any atom is -0.339 e. The molecule has 0 spiro atoms. The SMILES string of the molecule is Cc1cc(F)ccc1[C@H]1CN(N2CCS(=O)(=O)CC2)CC[C@@H]1C(=O)N(C)[C@@H](C)c1cc(C(F)(F)F)cc(C(F)(F)F)c1. The van der Waals surface area contributed by atoms with Crippen molar-refractivity contribution in [1.29, 1.82) is 0 Å². The molecule has 2 heterocycles. The molecule has 14 heteroatoms. The number of hydrazine groups is 1. The van der Waals surface area contributed by atoms with E-state index in [4.69, 9.17) is 0 Å². The molecule has 4 rings (SSSR count). The Bertz CT molecular complexity index is 1380. The van der Waals surface area contributed by atoms with E-state index < -0.39 is 62.9 Å². The van der Waals surface area contributed by atoms with E-state index in [0.717, 1.165) is 4.90 Å². The van der Waals surface area contributed by atoms with Gasteiger partial charge >= 0.3 is 12.4 Å². The number of benzene rings is 2. The summed E-state index contributed by atoms with van der Waals surface area (Å²) in [6, 6.07) is 4.34. The van der Waals surface area contributed by atoms with Gasteiger partial charge < -0.3 is 4.90 Å². The molecular weight excluding hydrogens is 591 g/mol. The topological polar surface area (TPSA) is 60.9 Å². The molecule has 3 atom stereocenters. The van der Waals surface area contributed by atoms with Gasteiger partial charge in [-0.05, 0) is 67.3 Å². The summed E-state index contributed by atoms with van der Waals surface area (Å²) in [5, 5.41) is 3.89. The lowest BCUT2D eigenvalue weighted by Gasteiger charge is -2.46. The van der Waals surface area contributed by atoms with Gasteiger partial charge in [-0.1, -0.05) is 6.07 Å². The zero-order chi connectivity index (χ0) is 31.2. The van der Waals surface area contributed by atoms with Crippen molar-refractivity contribution in [3.8, 4) is 0 Å². The molecule has 0 aromatic heterocycles. The Morgan fingerprint density at radius 3 is 2.02 bits per heavy atom. The molecule has 2 saturated heterocycles. The van der Waals surface area contributed by atoms with Crippen LogP contribution in [0, 0.1) is 18.7 Å². The minimum absolute atomic E-state index is 0.0107. The second-order valence-corrected chi connectivity index (χ2v) is 13.3. The number of hydrogen-bond donors (Lipinski definition) is 0. The molecule has 0 bridgehead atoms. The van der Waals surface area contributed by atoms with Gasteiger partial charge in [-0.2, -0.15) is 26.3 Å². The van der Waals surface area contributed by atoms with Crippen molar-refractivity contribution in [1.82, 2.24) is 14.9 Å². The summed E-state index contributed by atoms with van der Waals surface area (Å²) >= 11 is 0. The summed E-state index contributed by atoms with van der Waals surface area (Å²) in [5.41, 5.74) is -1.96. The number of aryl methyl sites for hydroxylation is 1. The van der Waals surface area contributed by atoms with E-state index in [0.29, 0.717) is 36.3 Å². The number of alkyl halides is 6. The number of halogens is 7. The Kier molecular flexibility index (Phi) is 9.02. The number of sulfone groups is 1. The molecule has 2 aromatic rings. The lowest BCUT2D eigenvalue weighted by atomic mass is 9.78. The number of nitrogens with zero attached hydrogens (tertiary/aromatic N) is 3. The van der Waals surface area contributed by atoms with Crippen LogP contribution in [0.2, 0.25) is 0 Å². The first-order valence-corrected chi connectivity index (χ1v) is 15.2. The number of carbonyl (C=O) groups excluding carboxylic acids is 1. The molecule has 2 fully saturated rings. The van der Waals surface area contributed by atoms with Gasteiger partial charge in [-0.25, -0.2) is 22.8 Å². The second kappa shape index (κ2) is 11.8. The smallest absolute Gasteiger partial charge is 0.339 e. The second-order valence-electron chi connectivity index (χ2n) is 11.0. The van der Waals surface area contributed by atoms with Gasteiger partial charge in [0.15, 0.2) is 9.84 Å². The van der Waals surface area contributed by atoms with Crippen molar-refractivity contribution >= 4 is 15.7 Å². The molecule has 0 aliphatic carbocycles. The number of piperidine rings is 1. The summed E-state index contributed by atoms with van der Waals surface area (Å²) in [6.45, 7) is 4.31. The van der Waals surface area contributed by atoms with Gasteiger partial charge in [0.2, 0.25) is 5.91 Å². The first-order valence-electron chi connectivity index (χ1n) is 13.4. The molecule has 0 N–H and O–H groups in total. The Labute approximate surface area is 240 Å². The van der Waals surface area contributed by atoms with Gasteiger partial charge in [0, 0.05) is 45.1 Å². The lowest BCUT2D eigenvalue weighted by molar-refractivity contribution is -0.143. The average molecular weight is 624 g/mol. The maximum atomic E-state index is 14.0. The molecule has 2 aromatic carbocycles. The van der Waals surface area contributed by atoms with Crippen LogP contribution in [0.3, 0.4) is 0 Å². The Hall–Kier alpha value is -2.71. The van der Waals surface area contributed by atoms with Crippen LogP contribution >= 0.6 is 0 Å². The third-order valence-corrected chi connectivity index (χ3v) is 9.89. The quantitative estimate of drug-likeness (QED) is 0.416. The summed E-state index contributed by atoms with van der Waals surface area (Å²) in [6.07, 6.45) is -9.76. The van der Waals surface area contributed by atoms with E-state index in [2.05, 4.69) is 0 Å². The maximum Gasteiger partial charge on any atom is 0.416 e. The average Bonchev–Trinajstić information content (AvgIpc) is 2.90. The van der Waals surface area contributed by atoms with Crippen molar-refractivity contribution in [2.24, 2.45) is 5.92 Å². The van der Waals surface area contributed by atoms with Crippen LogP contribution in [0.4, 0.5) is 30.7 Å². The van der Waals surface area contributed by atoms with Crippen molar-refractivity contribution in [2.45, 2.75) is 44.6 Å². The predicted molar refractivity (Wildman–Crippen MR) is 141 cm³/mol. The molecule has 1 amide bonds. The van der Waals surface area contributed by atoms with Crippen LogP contribution in [0.15, 0.2) is 36.4 Å². The zero-order valence-corrected chi connectivity index (χ0v) is 24.1.